The molecule has 5 heteroatoms. The Morgan fingerprint density at radius 2 is 1.95 bits per heavy atom. The van der Waals surface area contributed by atoms with Crippen LogP contribution in [0.5, 0.6) is 5.75 Å². The van der Waals surface area contributed by atoms with E-state index in [0.29, 0.717) is 17.2 Å². The molecule has 1 aliphatic heterocycles. The quantitative estimate of drug-likeness (QED) is 0.670. The molecule has 0 spiro atoms. The lowest BCUT2D eigenvalue weighted by Gasteiger charge is -2.30. The number of hydrogen-bond donors (Lipinski definition) is 1. The van der Waals surface area contributed by atoms with Crippen molar-refractivity contribution in [3.63, 3.8) is 0 Å². The van der Waals surface area contributed by atoms with Gasteiger partial charge >= 0.3 is 0 Å². The molecule has 0 bridgehead atoms. The third kappa shape index (κ3) is 2.75. The van der Waals surface area contributed by atoms with Gasteiger partial charge in [-0.15, -0.1) is 0 Å². The van der Waals surface area contributed by atoms with Gasteiger partial charge in [-0.2, -0.15) is 0 Å². The molecule has 2 nitrogen and oxygen atoms in total. The third-order valence-electron chi connectivity index (χ3n) is 3.36. The van der Waals surface area contributed by atoms with Crippen molar-refractivity contribution in [2.75, 3.05) is 0 Å². The van der Waals surface area contributed by atoms with Gasteiger partial charge in [-0.05, 0) is 45.8 Å². The molecule has 0 saturated carbocycles. The Morgan fingerprint density at radius 3 is 2.70 bits per heavy atom. The molecule has 0 aliphatic carbocycles. The minimum atomic E-state index is -0.522. The van der Waals surface area contributed by atoms with Gasteiger partial charge in [0.25, 0.3) is 0 Å². The van der Waals surface area contributed by atoms with E-state index in [1.54, 1.807) is 0 Å². The first-order chi connectivity index (χ1) is 9.54. The Morgan fingerprint density at radius 1 is 1.15 bits per heavy atom. The fourth-order valence-electron chi connectivity index (χ4n) is 2.33. The molecule has 0 saturated heterocycles. The van der Waals surface area contributed by atoms with Gasteiger partial charge in [0.15, 0.2) is 0 Å². The molecule has 1 heterocycles. The number of halogens is 3. The Kier molecular flexibility index (Phi) is 4.09. The van der Waals surface area contributed by atoms with E-state index in [4.69, 9.17) is 16.3 Å². The van der Waals surface area contributed by atoms with Crippen molar-refractivity contribution in [1.82, 2.24) is 0 Å². The number of rotatable bonds is 1. The Hall–Kier alpha value is -0.550. The molecule has 2 aromatic carbocycles. The summed E-state index contributed by atoms with van der Waals surface area (Å²) in [7, 11) is 0. The maximum atomic E-state index is 10.3. The van der Waals surface area contributed by atoms with E-state index in [-0.39, 0.29) is 6.10 Å². The summed E-state index contributed by atoms with van der Waals surface area (Å²) in [6, 6.07) is 11.4. The molecule has 0 radical (unpaired) electrons. The van der Waals surface area contributed by atoms with Crippen LogP contribution in [-0.2, 0) is 0 Å². The molecule has 20 heavy (non-hydrogen) atoms. The lowest BCUT2D eigenvalue weighted by Crippen LogP contribution is -2.19. The third-order valence-corrected chi connectivity index (χ3v) is 5.06. The van der Waals surface area contributed by atoms with Crippen LogP contribution < -0.4 is 4.74 Å². The molecule has 2 atom stereocenters. The van der Waals surface area contributed by atoms with E-state index in [9.17, 15) is 5.11 Å². The molecular weight excluding hydrogens is 407 g/mol. The molecule has 0 amide bonds. The fourth-order valence-corrected chi connectivity index (χ4v) is 3.19. The van der Waals surface area contributed by atoms with Crippen molar-refractivity contribution in [1.29, 1.82) is 0 Å². The summed E-state index contributed by atoms with van der Waals surface area (Å²) in [6.07, 6.45) is -0.172. The SMILES string of the molecule is O[C@@H]1CC(c2ccc(Cl)c(Br)c2)Oc2cc(Br)ccc21. The van der Waals surface area contributed by atoms with Gasteiger partial charge < -0.3 is 9.84 Å². The summed E-state index contributed by atoms with van der Waals surface area (Å²) in [4.78, 5) is 0. The first-order valence-electron chi connectivity index (χ1n) is 6.13. The van der Waals surface area contributed by atoms with Gasteiger partial charge in [0.2, 0.25) is 0 Å². The number of fused-ring (bicyclic) bond motifs is 1. The molecule has 104 valence electrons. The van der Waals surface area contributed by atoms with Crippen LogP contribution in [0.1, 0.15) is 29.8 Å². The average Bonchev–Trinajstić information content (AvgIpc) is 2.41. The molecule has 0 fully saturated rings. The van der Waals surface area contributed by atoms with Crippen LogP contribution in [0.3, 0.4) is 0 Å². The number of benzene rings is 2. The van der Waals surface area contributed by atoms with Crippen LogP contribution >= 0.6 is 43.5 Å². The van der Waals surface area contributed by atoms with E-state index in [1.807, 2.05) is 36.4 Å². The normalized spacial score (nSPS) is 21.2. The zero-order chi connectivity index (χ0) is 14.3. The predicted octanol–water partition coefficient (Wildman–Crippen LogP) is 5.42. The number of ether oxygens (including phenoxy) is 1. The average molecular weight is 419 g/mol. The van der Waals surface area contributed by atoms with Crippen molar-refractivity contribution in [2.24, 2.45) is 0 Å². The molecule has 1 N–H and O–H groups in total. The van der Waals surface area contributed by atoms with Crippen LogP contribution in [0.15, 0.2) is 45.3 Å². The van der Waals surface area contributed by atoms with Crippen molar-refractivity contribution < 1.29 is 9.84 Å². The van der Waals surface area contributed by atoms with Gasteiger partial charge in [0.05, 0.1) is 11.1 Å². The highest BCUT2D eigenvalue weighted by Gasteiger charge is 2.28. The summed E-state index contributed by atoms with van der Waals surface area (Å²) in [5, 5.41) is 10.9. The minimum absolute atomic E-state index is 0.180. The first-order valence-corrected chi connectivity index (χ1v) is 8.10. The van der Waals surface area contributed by atoms with Crippen LogP contribution in [0.2, 0.25) is 5.02 Å². The van der Waals surface area contributed by atoms with Crippen molar-refractivity contribution in [3.05, 3.63) is 61.5 Å². The van der Waals surface area contributed by atoms with Gasteiger partial charge in [-0.25, -0.2) is 0 Å². The Balaban J connectivity index is 1.96. The number of aliphatic hydroxyl groups excluding tert-OH is 1. The largest absolute Gasteiger partial charge is 0.485 e. The van der Waals surface area contributed by atoms with Crippen LogP contribution in [0, 0.1) is 0 Å². The Labute approximate surface area is 139 Å². The second-order valence-corrected chi connectivity index (χ2v) is 6.89. The zero-order valence-electron chi connectivity index (χ0n) is 10.3. The van der Waals surface area contributed by atoms with Crippen molar-refractivity contribution in [2.45, 2.75) is 18.6 Å². The number of aliphatic hydroxyl groups is 1. The summed E-state index contributed by atoms with van der Waals surface area (Å²) >= 11 is 12.8. The summed E-state index contributed by atoms with van der Waals surface area (Å²) in [5.74, 6) is 0.717. The van der Waals surface area contributed by atoms with E-state index < -0.39 is 6.10 Å². The van der Waals surface area contributed by atoms with Crippen LogP contribution in [-0.4, -0.2) is 5.11 Å². The lowest BCUT2D eigenvalue weighted by atomic mass is 9.95. The summed E-state index contributed by atoms with van der Waals surface area (Å²) < 4.78 is 7.77. The van der Waals surface area contributed by atoms with Gasteiger partial charge in [0, 0.05) is 20.9 Å². The zero-order valence-corrected chi connectivity index (χ0v) is 14.2. The second-order valence-electron chi connectivity index (χ2n) is 4.71. The van der Waals surface area contributed by atoms with Crippen LogP contribution in [0.4, 0.5) is 0 Å². The smallest absolute Gasteiger partial charge is 0.127 e. The number of hydrogen-bond acceptors (Lipinski definition) is 2. The monoisotopic (exact) mass is 416 g/mol. The highest BCUT2D eigenvalue weighted by atomic mass is 79.9. The molecular formula is C15H11Br2ClO2. The maximum Gasteiger partial charge on any atom is 0.127 e. The Bertz CT molecular complexity index is 660. The van der Waals surface area contributed by atoms with E-state index in [2.05, 4.69) is 31.9 Å². The summed E-state index contributed by atoms with van der Waals surface area (Å²) in [5.41, 5.74) is 1.82. The molecule has 2 aromatic rings. The predicted molar refractivity (Wildman–Crippen MR) is 86.2 cm³/mol. The lowest BCUT2D eigenvalue weighted by molar-refractivity contribution is 0.0656. The molecule has 0 aromatic heterocycles. The van der Waals surface area contributed by atoms with Crippen LogP contribution in [0.25, 0.3) is 0 Å². The molecule has 1 unspecified atom stereocenters. The minimum Gasteiger partial charge on any atom is -0.485 e. The first kappa shape index (κ1) is 14.4. The van der Waals surface area contributed by atoms with E-state index in [1.165, 1.54) is 0 Å². The highest BCUT2D eigenvalue weighted by molar-refractivity contribution is 9.10. The van der Waals surface area contributed by atoms with Crippen molar-refractivity contribution >= 4 is 43.5 Å². The summed E-state index contributed by atoms with van der Waals surface area (Å²) in [6.45, 7) is 0. The van der Waals surface area contributed by atoms with E-state index in [0.717, 1.165) is 20.1 Å². The molecule has 3 rings (SSSR count). The maximum absolute atomic E-state index is 10.3. The molecule has 1 aliphatic rings. The van der Waals surface area contributed by atoms with Gasteiger partial charge in [-0.1, -0.05) is 39.7 Å². The highest BCUT2D eigenvalue weighted by Crippen LogP contribution is 2.42. The van der Waals surface area contributed by atoms with E-state index >= 15 is 0 Å². The van der Waals surface area contributed by atoms with Crippen molar-refractivity contribution in [3.8, 4) is 5.75 Å². The van der Waals surface area contributed by atoms with Gasteiger partial charge in [0.1, 0.15) is 11.9 Å². The fraction of sp³-hybridized carbons (Fsp3) is 0.200. The topological polar surface area (TPSA) is 29.5 Å². The van der Waals surface area contributed by atoms with Gasteiger partial charge in [-0.3, -0.25) is 0 Å². The second kappa shape index (κ2) is 5.68. The standard InChI is InChI=1S/C15H11Br2ClO2/c16-9-2-3-10-13(19)7-14(20-15(10)6-9)8-1-4-12(18)11(17)5-8/h1-6,13-14,19H,7H2/t13-,14?/m1/s1.